The van der Waals surface area contributed by atoms with Crippen LogP contribution in [-0.4, -0.2) is 0 Å². The monoisotopic (exact) mass is 344 g/mol. The number of halogens is 1. The Morgan fingerprint density at radius 1 is 0.714 bits per heavy atom. The minimum absolute atomic E-state index is 0.260. The van der Waals surface area contributed by atoms with Crippen molar-refractivity contribution >= 4 is 15.9 Å². The highest BCUT2D eigenvalue weighted by Gasteiger charge is 2.20. The molecule has 0 amide bonds. The fourth-order valence-corrected chi connectivity index (χ4v) is 4.38. The van der Waals surface area contributed by atoms with Gasteiger partial charge < -0.3 is 0 Å². The van der Waals surface area contributed by atoms with Crippen LogP contribution in [0.5, 0.6) is 0 Å². The van der Waals surface area contributed by atoms with Crippen LogP contribution in [0.15, 0.2) is 18.2 Å². The van der Waals surface area contributed by atoms with Crippen molar-refractivity contribution in [3.8, 4) is 0 Å². The number of hydrogen-bond donors (Lipinski definition) is 0. The van der Waals surface area contributed by atoms with Gasteiger partial charge in [-0.05, 0) is 93.0 Å². The molecular weight excluding hydrogens is 320 g/mol. The Bertz CT molecular complexity index is 666. The summed E-state index contributed by atoms with van der Waals surface area (Å²) in [5, 5.41) is 0. The van der Waals surface area contributed by atoms with Crippen LogP contribution in [0.1, 0.15) is 54.9 Å². The molecule has 0 aliphatic rings. The Kier molecular flexibility index (Phi) is 4.63. The maximum Gasteiger partial charge on any atom is 0.0652 e. The first-order valence-electron chi connectivity index (χ1n) is 7.53. The standard InChI is InChI=1S/C20H25Br/c1-11-8-9-18(12(2)10-11)20(21)19-16(6)14(4)13(3)15(5)17(19)7/h8-10,20H,1-7H3. The van der Waals surface area contributed by atoms with E-state index in [-0.39, 0.29) is 4.83 Å². The third kappa shape index (κ3) is 2.81. The first-order chi connectivity index (χ1) is 9.75. The average Bonchev–Trinajstić information content (AvgIpc) is 2.43. The van der Waals surface area contributed by atoms with E-state index in [1.807, 2.05) is 0 Å². The molecule has 2 rings (SSSR count). The number of rotatable bonds is 2. The molecule has 21 heavy (non-hydrogen) atoms. The van der Waals surface area contributed by atoms with E-state index in [1.165, 1.54) is 50.1 Å². The predicted octanol–water partition coefficient (Wildman–Crippen LogP) is 6.33. The van der Waals surface area contributed by atoms with Crippen molar-refractivity contribution in [3.05, 3.63) is 68.3 Å². The molecule has 0 heterocycles. The Balaban J connectivity index is 2.66. The van der Waals surface area contributed by atoms with Crippen molar-refractivity contribution in [3.63, 3.8) is 0 Å². The van der Waals surface area contributed by atoms with E-state index in [4.69, 9.17) is 0 Å². The minimum Gasteiger partial charge on any atom is -0.0786 e. The van der Waals surface area contributed by atoms with Crippen LogP contribution in [0.2, 0.25) is 0 Å². The molecule has 1 heteroatoms. The zero-order valence-corrected chi connectivity index (χ0v) is 15.8. The predicted molar refractivity (Wildman–Crippen MR) is 96.8 cm³/mol. The van der Waals surface area contributed by atoms with E-state index in [9.17, 15) is 0 Å². The second-order valence-corrected chi connectivity index (χ2v) is 7.18. The fraction of sp³-hybridized carbons (Fsp3) is 0.400. The zero-order chi connectivity index (χ0) is 15.9. The van der Waals surface area contributed by atoms with Crippen molar-refractivity contribution in [2.45, 2.75) is 53.3 Å². The fourth-order valence-electron chi connectivity index (χ4n) is 3.17. The van der Waals surface area contributed by atoms with Gasteiger partial charge in [-0.3, -0.25) is 0 Å². The summed E-state index contributed by atoms with van der Waals surface area (Å²) in [6.45, 7) is 15.6. The summed E-state index contributed by atoms with van der Waals surface area (Å²) < 4.78 is 0. The van der Waals surface area contributed by atoms with E-state index >= 15 is 0 Å². The quantitative estimate of drug-likeness (QED) is 0.558. The van der Waals surface area contributed by atoms with Gasteiger partial charge in [0, 0.05) is 0 Å². The third-order valence-corrected chi connectivity index (χ3v) is 5.96. The topological polar surface area (TPSA) is 0 Å². The van der Waals surface area contributed by atoms with E-state index in [2.05, 4.69) is 82.6 Å². The van der Waals surface area contributed by atoms with Gasteiger partial charge in [0.2, 0.25) is 0 Å². The summed E-state index contributed by atoms with van der Waals surface area (Å²) in [6, 6.07) is 6.73. The van der Waals surface area contributed by atoms with Crippen LogP contribution in [0, 0.1) is 48.5 Å². The van der Waals surface area contributed by atoms with Gasteiger partial charge >= 0.3 is 0 Å². The summed E-state index contributed by atoms with van der Waals surface area (Å²) in [5.74, 6) is 0. The first kappa shape index (κ1) is 16.3. The molecule has 112 valence electrons. The minimum atomic E-state index is 0.260. The lowest BCUT2D eigenvalue weighted by atomic mass is 9.86. The second kappa shape index (κ2) is 5.96. The van der Waals surface area contributed by atoms with Gasteiger partial charge in [-0.1, -0.05) is 39.7 Å². The lowest BCUT2D eigenvalue weighted by Crippen LogP contribution is -2.06. The molecule has 0 aliphatic heterocycles. The average molecular weight is 345 g/mol. The third-order valence-electron chi connectivity index (χ3n) is 5.01. The van der Waals surface area contributed by atoms with Gasteiger partial charge in [-0.25, -0.2) is 0 Å². The summed E-state index contributed by atoms with van der Waals surface area (Å²) in [7, 11) is 0. The Labute approximate surface area is 137 Å². The summed E-state index contributed by atoms with van der Waals surface area (Å²) in [6.07, 6.45) is 0. The Morgan fingerprint density at radius 2 is 1.19 bits per heavy atom. The van der Waals surface area contributed by atoms with Crippen molar-refractivity contribution in [1.82, 2.24) is 0 Å². The van der Waals surface area contributed by atoms with Crippen molar-refractivity contribution in [2.24, 2.45) is 0 Å². The molecular formula is C20H25Br. The van der Waals surface area contributed by atoms with Gasteiger partial charge in [-0.2, -0.15) is 0 Å². The van der Waals surface area contributed by atoms with Crippen LogP contribution < -0.4 is 0 Å². The number of aryl methyl sites for hydroxylation is 2. The molecule has 0 bridgehead atoms. The second-order valence-electron chi connectivity index (χ2n) is 6.26. The number of benzene rings is 2. The highest BCUT2D eigenvalue weighted by Crippen LogP contribution is 2.39. The highest BCUT2D eigenvalue weighted by molar-refractivity contribution is 9.09. The molecule has 1 unspecified atom stereocenters. The highest BCUT2D eigenvalue weighted by atomic mass is 79.9. The molecule has 2 aromatic rings. The Morgan fingerprint density at radius 3 is 1.67 bits per heavy atom. The molecule has 0 radical (unpaired) electrons. The van der Waals surface area contributed by atoms with Crippen molar-refractivity contribution < 1.29 is 0 Å². The lowest BCUT2D eigenvalue weighted by Gasteiger charge is -2.23. The molecule has 0 nitrogen and oxygen atoms in total. The van der Waals surface area contributed by atoms with Gasteiger partial charge in [0.05, 0.1) is 4.83 Å². The molecule has 0 aliphatic carbocycles. The van der Waals surface area contributed by atoms with Gasteiger partial charge in [-0.15, -0.1) is 0 Å². The molecule has 2 aromatic carbocycles. The molecule has 0 fully saturated rings. The maximum atomic E-state index is 3.96. The van der Waals surface area contributed by atoms with Crippen LogP contribution >= 0.6 is 15.9 Å². The molecule has 1 atom stereocenters. The summed E-state index contributed by atoms with van der Waals surface area (Å²) >= 11 is 3.96. The molecule has 0 aromatic heterocycles. The smallest absolute Gasteiger partial charge is 0.0652 e. The van der Waals surface area contributed by atoms with Crippen LogP contribution in [0.4, 0.5) is 0 Å². The van der Waals surface area contributed by atoms with E-state index in [1.54, 1.807) is 0 Å². The van der Waals surface area contributed by atoms with Gasteiger partial charge in [0.1, 0.15) is 0 Å². The molecule has 0 saturated carbocycles. The SMILES string of the molecule is Cc1ccc(C(Br)c2c(C)c(C)c(C)c(C)c2C)c(C)c1. The first-order valence-corrected chi connectivity index (χ1v) is 8.45. The largest absolute Gasteiger partial charge is 0.0786 e. The van der Waals surface area contributed by atoms with Crippen LogP contribution in [0.3, 0.4) is 0 Å². The molecule has 0 spiro atoms. The number of hydrogen-bond acceptors (Lipinski definition) is 0. The maximum absolute atomic E-state index is 3.96. The number of alkyl halides is 1. The molecule has 0 saturated heterocycles. The van der Waals surface area contributed by atoms with Crippen LogP contribution in [0.25, 0.3) is 0 Å². The summed E-state index contributed by atoms with van der Waals surface area (Å²) in [4.78, 5) is 0.260. The summed E-state index contributed by atoms with van der Waals surface area (Å²) in [5.41, 5.74) is 12.6. The van der Waals surface area contributed by atoms with Crippen molar-refractivity contribution in [1.29, 1.82) is 0 Å². The van der Waals surface area contributed by atoms with Gasteiger partial charge in [0.15, 0.2) is 0 Å². The normalized spacial score (nSPS) is 12.6. The Hall–Kier alpha value is -1.08. The van der Waals surface area contributed by atoms with Crippen LogP contribution in [-0.2, 0) is 0 Å². The lowest BCUT2D eigenvalue weighted by molar-refractivity contribution is 1.04. The van der Waals surface area contributed by atoms with E-state index < -0.39 is 0 Å². The van der Waals surface area contributed by atoms with Crippen molar-refractivity contribution in [2.75, 3.05) is 0 Å². The van der Waals surface area contributed by atoms with Gasteiger partial charge in [0.25, 0.3) is 0 Å². The molecule has 0 N–H and O–H groups in total. The van der Waals surface area contributed by atoms with E-state index in [0.29, 0.717) is 0 Å². The van der Waals surface area contributed by atoms with E-state index in [0.717, 1.165) is 0 Å². The zero-order valence-electron chi connectivity index (χ0n) is 14.2.